The van der Waals surface area contributed by atoms with Gasteiger partial charge < -0.3 is 0 Å². The molecule has 0 saturated heterocycles. The molecule has 4 bridgehead atoms. The molecule has 4 saturated carbocycles. The number of halogens is 1. The van der Waals surface area contributed by atoms with E-state index in [1.54, 1.807) is 12.1 Å². The van der Waals surface area contributed by atoms with Gasteiger partial charge in [-0.05, 0) is 0 Å². The Morgan fingerprint density at radius 3 is 2.06 bits per heavy atom. The molecule has 0 aromatic heterocycles. The topological polar surface area (TPSA) is 88.1 Å². The molecule has 1 aromatic rings. The Bertz CT molecular complexity index is 846. The van der Waals surface area contributed by atoms with Gasteiger partial charge in [0.25, 0.3) is 0 Å². The molecule has 0 N–H and O–H groups in total. The van der Waals surface area contributed by atoms with Crippen LogP contribution in [0.4, 0.5) is 4.79 Å². The monoisotopic (exact) mass is 556 g/mol. The second kappa shape index (κ2) is 9.80. The Kier molecular flexibility index (Phi) is 7.07. The number of carbonyl (C=O) groups is 3. The van der Waals surface area contributed by atoms with Crippen molar-refractivity contribution in [2.45, 2.75) is 45.4 Å². The first-order valence-corrected chi connectivity index (χ1v) is 13.8. The van der Waals surface area contributed by atoms with Crippen LogP contribution in [0.2, 0.25) is 0 Å². The molecule has 8 heteroatoms. The van der Waals surface area contributed by atoms with E-state index in [0.29, 0.717) is 21.3 Å². The van der Waals surface area contributed by atoms with Crippen LogP contribution in [0.15, 0.2) is 42.5 Å². The Morgan fingerprint density at radius 2 is 1.50 bits per heavy atom. The van der Waals surface area contributed by atoms with Crippen molar-refractivity contribution in [1.82, 2.24) is 0 Å². The van der Waals surface area contributed by atoms with Crippen molar-refractivity contribution in [2.24, 2.45) is 23.2 Å². The summed E-state index contributed by atoms with van der Waals surface area (Å²) >= 11 is -3.09. The van der Waals surface area contributed by atoms with E-state index in [4.69, 9.17) is 15.6 Å². The predicted octanol–water partition coefficient (Wildman–Crippen LogP) is 5.22. The standard InChI is InChI=1S/C24H29IO7/c1-16(2)21(26)29-8-9-30-23(28)32-25(20-6-4-3-5-7-20)31-22(27)24-13-17-10-18(14-24)12-19(11-17)15-24/h3-7,17-19H,1,8-15H2,2H3. The zero-order valence-corrected chi connectivity index (χ0v) is 20.4. The van der Waals surface area contributed by atoms with Crippen LogP contribution < -0.4 is 0 Å². The van der Waals surface area contributed by atoms with Crippen molar-refractivity contribution in [3.8, 4) is 0 Å². The molecule has 0 spiro atoms. The van der Waals surface area contributed by atoms with Gasteiger partial charge >= 0.3 is 197 Å². The molecule has 0 radical (unpaired) electrons. The molecule has 0 heterocycles. The minimum absolute atomic E-state index is 0.104. The second-order valence-electron chi connectivity index (χ2n) is 9.17. The van der Waals surface area contributed by atoms with Crippen LogP contribution >= 0.6 is 20.6 Å². The third kappa shape index (κ3) is 5.27. The number of hydrogen-bond donors (Lipinski definition) is 0. The summed E-state index contributed by atoms with van der Waals surface area (Å²) in [6.45, 7) is 4.76. The summed E-state index contributed by atoms with van der Waals surface area (Å²) in [7, 11) is 0. The van der Waals surface area contributed by atoms with E-state index in [2.05, 4.69) is 6.58 Å². The van der Waals surface area contributed by atoms with Gasteiger partial charge in [-0.2, -0.15) is 0 Å². The van der Waals surface area contributed by atoms with Gasteiger partial charge in [-0.1, -0.05) is 0 Å². The molecule has 4 fully saturated rings. The quantitative estimate of drug-likeness (QED) is 0.188. The van der Waals surface area contributed by atoms with Crippen molar-refractivity contribution >= 4 is 38.7 Å². The molecular weight excluding hydrogens is 527 g/mol. The number of hydrogen-bond acceptors (Lipinski definition) is 7. The third-order valence-corrected chi connectivity index (χ3v) is 9.84. The van der Waals surface area contributed by atoms with Crippen molar-refractivity contribution in [3.63, 3.8) is 0 Å². The molecule has 174 valence electrons. The van der Waals surface area contributed by atoms with E-state index >= 15 is 0 Å². The Hall–Kier alpha value is -2.10. The van der Waals surface area contributed by atoms with Crippen LogP contribution in [0.25, 0.3) is 0 Å². The van der Waals surface area contributed by atoms with E-state index in [-0.39, 0.29) is 24.8 Å². The molecule has 7 nitrogen and oxygen atoms in total. The number of esters is 1. The van der Waals surface area contributed by atoms with Crippen molar-refractivity contribution < 1.29 is 30.0 Å². The molecule has 0 unspecified atom stereocenters. The Labute approximate surface area is 196 Å². The van der Waals surface area contributed by atoms with Gasteiger partial charge in [0.05, 0.1) is 0 Å². The number of carbonyl (C=O) groups excluding carboxylic acids is 3. The SMILES string of the molecule is C=C(C)C(=O)OCCOC(=O)OI(OC(=O)C12CC3CC(CC(C3)C1)C2)c1ccccc1. The zero-order chi connectivity index (χ0) is 22.7. The van der Waals surface area contributed by atoms with E-state index in [1.165, 1.54) is 26.2 Å². The second-order valence-corrected chi connectivity index (χ2v) is 12.5. The van der Waals surface area contributed by atoms with Crippen LogP contribution in [-0.2, 0) is 25.2 Å². The maximum atomic E-state index is 13.4. The summed E-state index contributed by atoms with van der Waals surface area (Å²) in [6.07, 6.45) is 5.41. The summed E-state index contributed by atoms with van der Waals surface area (Å²) < 4.78 is 22.1. The van der Waals surface area contributed by atoms with Crippen LogP contribution in [-0.4, -0.2) is 31.3 Å². The van der Waals surface area contributed by atoms with Crippen molar-refractivity contribution in [2.75, 3.05) is 13.2 Å². The van der Waals surface area contributed by atoms with Gasteiger partial charge in [0.2, 0.25) is 0 Å². The molecule has 5 rings (SSSR count). The fourth-order valence-electron chi connectivity index (χ4n) is 5.59. The van der Waals surface area contributed by atoms with E-state index in [0.717, 1.165) is 19.3 Å². The summed E-state index contributed by atoms with van der Waals surface area (Å²) in [4.78, 5) is 37.1. The van der Waals surface area contributed by atoms with E-state index in [1.807, 2.05) is 18.2 Å². The molecular formula is C24H29IO7. The predicted molar refractivity (Wildman–Crippen MR) is 124 cm³/mol. The maximum absolute atomic E-state index is 13.4. The molecule has 0 amide bonds. The van der Waals surface area contributed by atoms with Gasteiger partial charge in [-0.25, -0.2) is 0 Å². The fourth-order valence-corrected chi connectivity index (χ4v) is 8.48. The summed E-state index contributed by atoms with van der Waals surface area (Å²) in [6, 6.07) is 9.11. The number of rotatable bonds is 8. The average molecular weight is 556 g/mol. The molecule has 4 aliphatic carbocycles. The normalized spacial score (nSPS) is 27.9. The van der Waals surface area contributed by atoms with Gasteiger partial charge in [0, 0.05) is 0 Å². The van der Waals surface area contributed by atoms with E-state index < -0.39 is 38.2 Å². The van der Waals surface area contributed by atoms with E-state index in [9.17, 15) is 14.4 Å². The van der Waals surface area contributed by atoms with Crippen molar-refractivity contribution in [3.05, 3.63) is 46.1 Å². The van der Waals surface area contributed by atoms with Crippen molar-refractivity contribution in [1.29, 1.82) is 0 Å². The molecule has 1 aromatic carbocycles. The average Bonchev–Trinajstić information content (AvgIpc) is 2.75. The third-order valence-electron chi connectivity index (χ3n) is 6.54. The van der Waals surface area contributed by atoms with Gasteiger partial charge in [-0.3, -0.25) is 0 Å². The molecule has 0 aliphatic heterocycles. The summed E-state index contributed by atoms with van der Waals surface area (Å²) in [5, 5.41) is 0. The van der Waals surface area contributed by atoms with Gasteiger partial charge in [0.15, 0.2) is 0 Å². The van der Waals surface area contributed by atoms with Gasteiger partial charge in [0.1, 0.15) is 0 Å². The zero-order valence-electron chi connectivity index (χ0n) is 18.2. The fraction of sp³-hybridized carbons (Fsp3) is 0.542. The Morgan fingerprint density at radius 1 is 0.938 bits per heavy atom. The molecule has 32 heavy (non-hydrogen) atoms. The first-order valence-electron chi connectivity index (χ1n) is 11.0. The summed E-state index contributed by atoms with van der Waals surface area (Å²) in [5.74, 6) is 1.07. The number of ether oxygens (including phenoxy) is 2. The van der Waals surface area contributed by atoms with Crippen LogP contribution in [0.5, 0.6) is 0 Å². The number of benzene rings is 1. The molecule has 0 atom stereocenters. The van der Waals surface area contributed by atoms with Crippen LogP contribution in [0.1, 0.15) is 45.4 Å². The molecule has 4 aliphatic rings. The minimum atomic E-state index is -3.09. The van der Waals surface area contributed by atoms with Crippen LogP contribution in [0, 0.1) is 26.7 Å². The Balaban J connectivity index is 1.37. The first-order chi connectivity index (χ1) is 15.3. The van der Waals surface area contributed by atoms with Crippen LogP contribution in [0.3, 0.4) is 0 Å². The van der Waals surface area contributed by atoms with Gasteiger partial charge in [-0.15, -0.1) is 0 Å². The summed E-state index contributed by atoms with van der Waals surface area (Å²) in [5.41, 5.74) is -0.162. The first kappa shape index (κ1) is 23.1.